The SMILES string of the molecule is CC1(C(=O)O)Cc2ccccc2C1=O. The Hall–Kier alpha value is -1.64. The van der Waals surface area contributed by atoms with Gasteiger partial charge in [-0.2, -0.15) is 0 Å². The number of fused-ring (bicyclic) bond motifs is 1. The van der Waals surface area contributed by atoms with E-state index in [1.165, 1.54) is 6.92 Å². The van der Waals surface area contributed by atoms with E-state index in [4.69, 9.17) is 5.11 Å². The molecule has 0 saturated carbocycles. The van der Waals surface area contributed by atoms with Crippen molar-refractivity contribution in [1.82, 2.24) is 0 Å². The van der Waals surface area contributed by atoms with Gasteiger partial charge in [-0.15, -0.1) is 0 Å². The predicted octanol–water partition coefficient (Wildman–Crippen LogP) is 1.52. The van der Waals surface area contributed by atoms with Crippen molar-refractivity contribution in [2.75, 3.05) is 0 Å². The first-order valence-electron chi connectivity index (χ1n) is 4.42. The van der Waals surface area contributed by atoms with Crippen LogP contribution in [0.3, 0.4) is 0 Å². The van der Waals surface area contributed by atoms with Crippen LogP contribution >= 0.6 is 0 Å². The van der Waals surface area contributed by atoms with Crippen molar-refractivity contribution in [3.8, 4) is 0 Å². The zero-order valence-electron chi connectivity index (χ0n) is 7.78. The van der Waals surface area contributed by atoms with E-state index in [-0.39, 0.29) is 5.78 Å². The lowest BCUT2D eigenvalue weighted by Gasteiger charge is -2.14. The van der Waals surface area contributed by atoms with E-state index in [0.29, 0.717) is 12.0 Å². The molecule has 0 radical (unpaired) electrons. The summed E-state index contributed by atoms with van der Waals surface area (Å²) in [5, 5.41) is 8.99. The van der Waals surface area contributed by atoms with Gasteiger partial charge in [0.1, 0.15) is 5.41 Å². The molecular formula is C11H10O3. The van der Waals surface area contributed by atoms with E-state index in [2.05, 4.69) is 0 Å². The van der Waals surface area contributed by atoms with Gasteiger partial charge in [-0.1, -0.05) is 24.3 Å². The van der Waals surface area contributed by atoms with Crippen LogP contribution in [-0.4, -0.2) is 16.9 Å². The van der Waals surface area contributed by atoms with Crippen molar-refractivity contribution >= 4 is 11.8 Å². The minimum absolute atomic E-state index is 0.277. The first-order chi connectivity index (χ1) is 6.55. The van der Waals surface area contributed by atoms with Gasteiger partial charge in [0, 0.05) is 5.56 Å². The molecule has 0 amide bonds. The first kappa shape index (κ1) is 8.94. The molecule has 0 bridgehead atoms. The zero-order chi connectivity index (χ0) is 10.3. The summed E-state index contributed by atoms with van der Waals surface area (Å²) in [6, 6.07) is 7.07. The fraction of sp³-hybridized carbons (Fsp3) is 0.273. The number of rotatable bonds is 1. The van der Waals surface area contributed by atoms with Crippen LogP contribution in [0.15, 0.2) is 24.3 Å². The smallest absolute Gasteiger partial charge is 0.317 e. The summed E-state index contributed by atoms with van der Waals surface area (Å²) in [5.41, 5.74) is 0.128. The Morgan fingerprint density at radius 3 is 2.64 bits per heavy atom. The second-order valence-electron chi connectivity index (χ2n) is 3.80. The van der Waals surface area contributed by atoms with Crippen molar-refractivity contribution in [2.24, 2.45) is 5.41 Å². The maximum atomic E-state index is 11.8. The molecule has 3 heteroatoms. The van der Waals surface area contributed by atoms with Crippen LogP contribution in [0.25, 0.3) is 0 Å². The lowest BCUT2D eigenvalue weighted by Crippen LogP contribution is -2.33. The molecule has 1 N–H and O–H groups in total. The lowest BCUT2D eigenvalue weighted by atomic mass is 9.86. The van der Waals surface area contributed by atoms with Crippen LogP contribution in [0.5, 0.6) is 0 Å². The number of ketones is 1. The number of aliphatic carboxylic acids is 1. The van der Waals surface area contributed by atoms with Crippen LogP contribution < -0.4 is 0 Å². The number of carbonyl (C=O) groups excluding carboxylic acids is 1. The second-order valence-corrected chi connectivity index (χ2v) is 3.80. The highest BCUT2D eigenvalue weighted by atomic mass is 16.4. The van der Waals surface area contributed by atoms with E-state index >= 15 is 0 Å². The molecule has 0 aliphatic heterocycles. The third kappa shape index (κ3) is 0.985. The summed E-state index contributed by atoms with van der Waals surface area (Å²) in [7, 11) is 0. The fourth-order valence-electron chi connectivity index (χ4n) is 1.83. The number of benzene rings is 1. The summed E-state index contributed by atoms with van der Waals surface area (Å²) in [5.74, 6) is -1.32. The molecule has 1 aliphatic carbocycles. The molecule has 0 fully saturated rings. The van der Waals surface area contributed by atoms with Gasteiger partial charge in [0.15, 0.2) is 5.78 Å². The van der Waals surface area contributed by atoms with Gasteiger partial charge >= 0.3 is 5.97 Å². The predicted molar refractivity (Wildman–Crippen MR) is 50.2 cm³/mol. The molecule has 1 aliphatic rings. The van der Waals surface area contributed by atoms with Crippen LogP contribution in [0, 0.1) is 5.41 Å². The molecule has 14 heavy (non-hydrogen) atoms. The van der Waals surface area contributed by atoms with Crippen molar-refractivity contribution in [2.45, 2.75) is 13.3 Å². The third-order valence-electron chi connectivity index (χ3n) is 2.78. The van der Waals surface area contributed by atoms with Gasteiger partial charge in [0.25, 0.3) is 0 Å². The van der Waals surface area contributed by atoms with Crippen LogP contribution in [0.2, 0.25) is 0 Å². The summed E-state index contributed by atoms with van der Waals surface area (Å²) in [6.07, 6.45) is 0.303. The monoisotopic (exact) mass is 190 g/mol. The first-order valence-corrected chi connectivity index (χ1v) is 4.42. The molecule has 0 heterocycles. The molecule has 72 valence electrons. The summed E-state index contributed by atoms with van der Waals surface area (Å²) in [6.45, 7) is 1.48. The number of carboxylic acids is 1. The molecule has 0 aromatic heterocycles. The average molecular weight is 190 g/mol. The minimum atomic E-state index is -1.26. The van der Waals surface area contributed by atoms with Gasteiger partial charge in [-0.05, 0) is 18.9 Å². The van der Waals surface area contributed by atoms with Gasteiger partial charge < -0.3 is 5.11 Å². The summed E-state index contributed by atoms with van der Waals surface area (Å²) < 4.78 is 0. The molecule has 1 atom stereocenters. The number of carboxylic acid groups (broad SMARTS) is 1. The molecule has 1 aromatic rings. The van der Waals surface area contributed by atoms with E-state index in [1.54, 1.807) is 18.2 Å². The average Bonchev–Trinajstić information content (AvgIpc) is 2.42. The molecule has 1 aromatic carbocycles. The van der Waals surface area contributed by atoms with Crippen LogP contribution in [-0.2, 0) is 11.2 Å². The second kappa shape index (κ2) is 2.67. The third-order valence-corrected chi connectivity index (χ3v) is 2.78. The Kier molecular flexibility index (Phi) is 1.71. The van der Waals surface area contributed by atoms with E-state index in [0.717, 1.165) is 5.56 Å². The van der Waals surface area contributed by atoms with Crippen molar-refractivity contribution in [1.29, 1.82) is 0 Å². The Labute approximate surface area is 81.4 Å². The normalized spacial score (nSPS) is 24.8. The van der Waals surface area contributed by atoms with Gasteiger partial charge in [-0.3, -0.25) is 9.59 Å². The minimum Gasteiger partial charge on any atom is -0.480 e. The highest BCUT2D eigenvalue weighted by molar-refractivity contribution is 6.15. The largest absolute Gasteiger partial charge is 0.480 e. The van der Waals surface area contributed by atoms with Crippen molar-refractivity contribution in [3.05, 3.63) is 35.4 Å². The fourth-order valence-corrected chi connectivity index (χ4v) is 1.83. The van der Waals surface area contributed by atoms with Crippen LogP contribution in [0.1, 0.15) is 22.8 Å². The zero-order valence-corrected chi connectivity index (χ0v) is 7.78. The van der Waals surface area contributed by atoms with Gasteiger partial charge in [0.2, 0.25) is 0 Å². The highest BCUT2D eigenvalue weighted by Crippen LogP contribution is 2.36. The molecule has 0 saturated heterocycles. The number of hydrogen-bond acceptors (Lipinski definition) is 2. The Morgan fingerprint density at radius 1 is 1.43 bits per heavy atom. The van der Waals surface area contributed by atoms with Gasteiger partial charge in [0.05, 0.1) is 0 Å². The maximum absolute atomic E-state index is 11.8. The van der Waals surface area contributed by atoms with E-state index < -0.39 is 11.4 Å². The Morgan fingerprint density at radius 2 is 2.07 bits per heavy atom. The van der Waals surface area contributed by atoms with E-state index in [1.807, 2.05) is 6.07 Å². The maximum Gasteiger partial charge on any atom is 0.317 e. The number of carbonyl (C=O) groups is 2. The van der Waals surface area contributed by atoms with E-state index in [9.17, 15) is 9.59 Å². The number of Topliss-reactive ketones (excluding diaryl/α,β-unsaturated/α-hetero) is 1. The summed E-state index contributed by atoms with van der Waals surface area (Å²) >= 11 is 0. The highest BCUT2D eigenvalue weighted by Gasteiger charge is 2.47. The standard InChI is InChI=1S/C11H10O3/c1-11(10(13)14)6-7-4-2-3-5-8(7)9(11)12/h2-5H,6H2,1H3,(H,13,14). The molecular weight excluding hydrogens is 180 g/mol. The van der Waals surface area contributed by atoms with Gasteiger partial charge in [-0.25, -0.2) is 0 Å². The Balaban J connectivity index is 2.54. The van der Waals surface area contributed by atoms with Crippen molar-refractivity contribution < 1.29 is 14.7 Å². The van der Waals surface area contributed by atoms with Crippen LogP contribution in [0.4, 0.5) is 0 Å². The molecule has 2 rings (SSSR count). The van der Waals surface area contributed by atoms with Crippen molar-refractivity contribution in [3.63, 3.8) is 0 Å². The molecule has 1 unspecified atom stereocenters. The summed E-state index contributed by atoms with van der Waals surface area (Å²) in [4.78, 5) is 22.8. The topological polar surface area (TPSA) is 54.4 Å². The number of hydrogen-bond donors (Lipinski definition) is 1. The molecule has 0 spiro atoms. The molecule has 3 nitrogen and oxygen atoms in total. The lowest BCUT2D eigenvalue weighted by molar-refractivity contribution is -0.144. The quantitative estimate of drug-likeness (QED) is 0.683. The Bertz CT molecular complexity index is 422.